The minimum atomic E-state index is 0.378. The average molecular weight is 378 g/mol. The minimum Gasteiger partial charge on any atom is -0.264 e. The Balaban J connectivity index is 1.44. The van der Waals surface area contributed by atoms with Gasteiger partial charge >= 0.3 is 0 Å². The topological polar surface area (TPSA) is 12.9 Å². The highest BCUT2D eigenvalue weighted by molar-refractivity contribution is 5.72. The van der Waals surface area contributed by atoms with E-state index in [1.807, 2.05) is 6.20 Å². The van der Waals surface area contributed by atoms with E-state index in [1.165, 1.54) is 75.3 Å². The summed E-state index contributed by atoms with van der Waals surface area (Å²) in [6, 6.07) is 2.42. The Morgan fingerprint density at radius 2 is 1.86 bits per heavy atom. The first kappa shape index (κ1) is 18.9. The van der Waals surface area contributed by atoms with Crippen molar-refractivity contribution in [1.82, 2.24) is 4.98 Å². The van der Waals surface area contributed by atoms with Crippen LogP contribution in [0.1, 0.15) is 96.1 Å². The Kier molecular flexibility index (Phi) is 4.72. The third-order valence-electron chi connectivity index (χ3n) is 9.93. The number of rotatable bonds is 2. The predicted octanol–water partition coefficient (Wildman–Crippen LogP) is 7.46. The van der Waals surface area contributed by atoms with Crippen molar-refractivity contribution in [2.75, 3.05) is 0 Å². The lowest BCUT2D eigenvalue weighted by Crippen LogP contribution is -2.51. The van der Waals surface area contributed by atoms with Crippen molar-refractivity contribution in [3.05, 3.63) is 35.7 Å². The van der Waals surface area contributed by atoms with Gasteiger partial charge in [0.15, 0.2) is 0 Å². The molecule has 0 aromatic carbocycles. The first-order valence-corrected chi connectivity index (χ1v) is 12.2. The van der Waals surface area contributed by atoms with E-state index in [0.717, 1.165) is 30.1 Å². The molecule has 4 aliphatic rings. The van der Waals surface area contributed by atoms with E-state index in [2.05, 4.69) is 44.1 Å². The van der Waals surface area contributed by atoms with Gasteiger partial charge in [-0.3, -0.25) is 4.98 Å². The highest BCUT2D eigenvalue weighted by Crippen LogP contribution is 2.67. The molecule has 4 aliphatic carbocycles. The monoisotopic (exact) mass is 377 g/mol. The zero-order valence-electron chi connectivity index (χ0n) is 18.3. The van der Waals surface area contributed by atoms with Crippen LogP contribution in [0.2, 0.25) is 0 Å². The number of fused-ring (bicyclic) bond motifs is 5. The molecule has 1 unspecified atom stereocenters. The molecular weight excluding hydrogens is 338 g/mol. The quantitative estimate of drug-likeness (QED) is 0.521. The van der Waals surface area contributed by atoms with Gasteiger partial charge in [0.2, 0.25) is 0 Å². The van der Waals surface area contributed by atoms with Gasteiger partial charge < -0.3 is 0 Å². The zero-order valence-corrected chi connectivity index (χ0v) is 18.3. The zero-order chi connectivity index (χ0) is 19.4. The van der Waals surface area contributed by atoms with Gasteiger partial charge in [-0.25, -0.2) is 0 Å². The molecule has 28 heavy (non-hydrogen) atoms. The van der Waals surface area contributed by atoms with Gasteiger partial charge in [0.1, 0.15) is 0 Å². The van der Waals surface area contributed by atoms with Gasteiger partial charge in [-0.15, -0.1) is 0 Å². The fraction of sp³-hybridized carbons (Fsp3) is 0.741. The maximum atomic E-state index is 4.58. The molecule has 0 bridgehead atoms. The second kappa shape index (κ2) is 6.99. The predicted molar refractivity (Wildman–Crippen MR) is 118 cm³/mol. The van der Waals surface area contributed by atoms with Crippen molar-refractivity contribution in [3.8, 4) is 0 Å². The number of pyridine rings is 1. The highest BCUT2D eigenvalue weighted by Gasteiger charge is 2.57. The molecular formula is C27H39N. The lowest BCUT2D eigenvalue weighted by molar-refractivity contribution is -0.0808. The molecule has 3 fully saturated rings. The van der Waals surface area contributed by atoms with Crippen LogP contribution in [-0.4, -0.2) is 4.98 Å². The Morgan fingerprint density at radius 1 is 0.964 bits per heavy atom. The third-order valence-corrected chi connectivity index (χ3v) is 9.93. The summed E-state index contributed by atoms with van der Waals surface area (Å²) in [6.07, 6.45) is 22.5. The molecule has 1 heteroatoms. The SMILES string of the molecule is CCc1cncc(C2=CC[C@H]3[C@@H]4CC[C@H]5CCCCC[C@]5(C)C4CC[C@]23C)c1. The summed E-state index contributed by atoms with van der Waals surface area (Å²) >= 11 is 0. The third kappa shape index (κ3) is 2.75. The average Bonchev–Trinajstić information content (AvgIpc) is 2.94. The fourth-order valence-corrected chi connectivity index (χ4v) is 8.32. The van der Waals surface area contributed by atoms with Gasteiger partial charge in [-0.1, -0.05) is 46.1 Å². The number of hydrogen-bond acceptors (Lipinski definition) is 1. The van der Waals surface area contributed by atoms with Crippen molar-refractivity contribution in [2.24, 2.45) is 34.5 Å². The maximum absolute atomic E-state index is 4.58. The lowest BCUT2D eigenvalue weighted by Gasteiger charge is -2.59. The summed E-state index contributed by atoms with van der Waals surface area (Å²) in [7, 11) is 0. The van der Waals surface area contributed by atoms with Gasteiger partial charge in [0, 0.05) is 12.4 Å². The largest absolute Gasteiger partial charge is 0.264 e. The van der Waals surface area contributed by atoms with E-state index >= 15 is 0 Å². The van der Waals surface area contributed by atoms with Crippen LogP contribution in [-0.2, 0) is 6.42 Å². The standard InChI is InChI=1S/C27H39N/c1-4-19-16-20(18-28-17-19)23-11-12-24-22-10-9-21-8-6-5-7-14-26(21,2)25(22)13-15-27(23,24)3/h11,16-18,21-22,24-25H,4-10,12-15H2,1-3H3/t21-,22+,24+,25?,26+,27-/m1/s1. The van der Waals surface area contributed by atoms with Crippen LogP contribution in [0.4, 0.5) is 0 Å². The van der Waals surface area contributed by atoms with E-state index in [9.17, 15) is 0 Å². The van der Waals surface area contributed by atoms with Crippen molar-refractivity contribution in [3.63, 3.8) is 0 Å². The summed E-state index contributed by atoms with van der Waals surface area (Å²) in [5.41, 5.74) is 5.44. The van der Waals surface area contributed by atoms with Crippen LogP contribution in [0.3, 0.4) is 0 Å². The second-order valence-corrected chi connectivity index (χ2v) is 11.0. The molecule has 1 nitrogen and oxygen atoms in total. The number of aryl methyl sites for hydroxylation is 1. The van der Waals surface area contributed by atoms with Crippen molar-refractivity contribution in [2.45, 2.75) is 91.4 Å². The van der Waals surface area contributed by atoms with E-state index in [0.29, 0.717) is 10.8 Å². The van der Waals surface area contributed by atoms with E-state index in [4.69, 9.17) is 0 Å². The van der Waals surface area contributed by atoms with Crippen LogP contribution in [0.25, 0.3) is 5.57 Å². The van der Waals surface area contributed by atoms with E-state index in [-0.39, 0.29) is 0 Å². The first-order valence-electron chi connectivity index (χ1n) is 12.2. The summed E-state index contributed by atoms with van der Waals surface area (Å²) in [4.78, 5) is 4.58. The molecule has 0 aliphatic heterocycles. The molecule has 0 saturated heterocycles. The van der Waals surface area contributed by atoms with E-state index in [1.54, 1.807) is 5.57 Å². The fourth-order valence-electron chi connectivity index (χ4n) is 8.32. The number of nitrogens with zero attached hydrogens (tertiary/aromatic N) is 1. The summed E-state index contributed by atoms with van der Waals surface area (Å²) < 4.78 is 0. The molecule has 0 spiro atoms. The molecule has 152 valence electrons. The molecule has 0 radical (unpaired) electrons. The Hall–Kier alpha value is -1.11. The Labute approximate surface area is 172 Å². The van der Waals surface area contributed by atoms with Crippen LogP contribution >= 0.6 is 0 Å². The summed E-state index contributed by atoms with van der Waals surface area (Å²) in [5, 5.41) is 0. The minimum absolute atomic E-state index is 0.378. The van der Waals surface area contributed by atoms with Crippen molar-refractivity contribution >= 4 is 5.57 Å². The van der Waals surface area contributed by atoms with Crippen LogP contribution < -0.4 is 0 Å². The lowest BCUT2D eigenvalue weighted by atomic mass is 9.46. The van der Waals surface area contributed by atoms with Gasteiger partial charge in [0.05, 0.1) is 0 Å². The second-order valence-electron chi connectivity index (χ2n) is 11.0. The molecule has 6 atom stereocenters. The Bertz CT molecular complexity index is 763. The van der Waals surface area contributed by atoms with Crippen molar-refractivity contribution in [1.29, 1.82) is 0 Å². The molecule has 0 N–H and O–H groups in total. The maximum Gasteiger partial charge on any atom is 0.0343 e. The number of hydrogen-bond donors (Lipinski definition) is 0. The normalized spacial score (nSPS) is 42.8. The van der Waals surface area contributed by atoms with Crippen LogP contribution in [0, 0.1) is 34.5 Å². The van der Waals surface area contributed by atoms with Gasteiger partial charge in [-0.05, 0) is 109 Å². The smallest absolute Gasteiger partial charge is 0.0343 e. The molecule has 1 aromatic rings. The van der Waals surface area contributed by atoms with Gasteiger partial charge in [-0.2, -0.15) is 0 Å². The van der Waals surface area contributed by atoms with Crippen LogP contribution in [0.5, 0.6) is 0 Å². The molecule has 1 heterocycles. The first-order chi connectivity index (χ1) is 13.6. The summed E-state index contributed by atoms with van der Waals surface area (Å²) in [5.74, 6) is 3.82. The van der Waals surface area contributed by atoms with Crippen LogP contribution in [0.15, 0.2) is 24.5 Å². The van der Waals surface area contributed by atoms with Crippen molar-refractivity contribution < 1.29 is 0 Å². The molecule has 0 amide bonds. The van der Waals surface area contributed by atoms with E-state index < -0.39 is 0 Å². The molecule has 1 aromatic heterocycles. The highest BCUT2D eigenvalue weighted by atomic mass is 14.6. The summed E-state index contributed by atoms with van der Waals surface area (Å²) in [6.45, 7) is 7.55. The Morgan fingerprint density at radius 3 is 2.71 bits per heavy atom. The number of aromatic nitrogens is 1. The number of allylic oxidation sites excluding steroid dienone is 2. The molecule has 5 rings (SSSR count). The molecule has 3 saturated carbocycles. The van der Waals surface area contributed by atoms with Gasteiger partial charge in [0.25, 0.3) is 0 Å².